The second-order valence-electron chi connectivity index (χ2n) is 3.65. The zero-order chi connectivity index (χ0) is 12.8. The summed E-state index contributed by atoms with van der Waals surface area (Å²) in [6, 6.07) is 3.04. The van der Waals surface area contributed by atoms with E-state index in [2.05, 4.69) is 4.98 Å². The Morgan fingerprint density at radius 1 is 1.41 bits per heavy atom. The summed E-state index contributed by atoms with van der Waals surface area (Å²) >= 11 is 0. The van der Waals surface area contributed by atoms with Crippen LogP contribution in [-0.2, 0) is 9.53 Å². The van der Waals surface area contributed by atoms with Crippen molar-refractivity contribution >= 4 is 17.6 Å². The maximum atomic E-state index is 11.5. The highest BCUT2D eigenvalue weighted by atomic mass is 16.5. The van der Waals surface area contributed by atoms with Crippen LogP contribution in [0.4, 0.5) is 5.69 Å². The second kappa shape index (κ2) is 5.83. The Balaban J connectivity index is 2.40. The van der Waals surface area contributed by atoms with Crippen molar-refractivity contribution in [1.29, 1.82) is 0 Å². The van der Waals surface area contributed by atoms with Crippen molar-refractivity contribution in [2.24, 2.45) is 0 Å². The lowest BCUT2D eigenvalue weighted by atomic mass is 10.3. The van der Waals surface area contributed by atoms with Gasteiger partial charge >= 0.3 is 5.97 Å². The molecule has 0 radical (unpaired) electrons. The third-order valence-corrected chi connectivity index (χ3v) is 2.04. The standard InChI is InChI=1S/C11H15N3O3/c1-14(2)10(15)5-6-17-11(16)9-4-3-8(12)7-13-9/h3-4,7H,5-6,12H2,1-2H3. The number of amides is 1. The first-order chi connectivity index (χ1) is 8.00. The van der Waals surface area contributed by atoms with E-state index in [1.165, 1.54) is 17.2 Å². The van der Waals surface area contributed by atoms with Crippen molar-refractivity contribution in [3.63, 3.8) is 0 Å². The van der Waals surface area contributed by atoms with Crippen LogP contribution in [0.5, 0.6) is 0 Å². The van der Waals surface area contributed by atoms with Gasteiger partial charge in [0.25, 0.3) is 0 Å². The van der Waals surface area contributed by atoms with Crippen LogP contribution in [-0.4, -0.2) is 42.5 Å². The molecule has 0 aliphatic rings. The molecule has 0 fully saturated rings. The first-order valence-corrected chi connectivity index (χ1v) is 5.09. The van der Waals surface area contributed by atoms with Crippen molar-refractivity contribution < 1.29 is 14.3 Å². The Labute approximate surface area is 99.4 Å². The number of aromatic nitrogens is 1. The van der Waals surface area contributed by atoms with Crippen molar-refractivity contribution in [1.82, 2.24) is 9.88 Å². The Morgan fingerprint density at radius 3 is 2.65 bits per heavy atom. The third-order valence-electron chi connectivity index (χ3n) is 2.04. The monoisotopic (exact) mass is 237 g/mol. The molecule has 1 heterocycles. The zero-order valence-electron chi connectivity index (χ0n) is 9.84. The van der Waals surface area contributed by atoms with Crippen molar-refractivity contribution in [3.8, 4) is 0 Å². The largest absolute Gasteiger partial charge is 0.460 e. The fourth-order valence-electron chi connectivity index (χ4n) is 1.05. The molecule has 1 amide bonds. The van der Waals surface area contributed by atoms with E-state index in [-0.39, 0.29) is 24.6 Å². The van der Waals surface area contributed by atoms with Gasteiger partial charge in [-0.15, -0.1) is 0 Å². The fourth-order valence-corrected chi connectivity index (χ4v) is 1.05. The summed E-state index contributed by atoms with van der Waals surface area (Å²) in [5.74, 6) is -0.653. The minimum atomic E-state index is -0.559. The summed E-state index contributed by atoms with van der Waals surface area (Å²) in [6.07, 6.45) is 1.54. The van der Waals surface area contributed by atoms with Gasteiger partial charge in [-0.05, 0) is 12.1 Å². The predicted octanol–water partition coefficient (Wildman–Crippen LogP) is 0.299. The first-order valence-electron chi connectivity index (χ1n) is 5.09. The molecule has 0 aliphatic carbocycles. The number of carbonyl (C=O) groups excluding carboxylic acids is 2. The highest BCUT2D eigenvalue weighted by Gasteiger charge is 2.10. The highest BCUT2D eigenvalue weighted by molar-refractivity contribution is 5.87. The summed E-state index contributed by atoms with van der Waals surface area (Å²) in [4.78, 5) is 27.9. The van der Waals surface area contributed by atoms with Crippen LogP contribution in [0.15, 0.2) is 18.3 Å². The maximum Gasteiger partial charge on any atom is 0.356 e. The average molecular weight is 237 g/mol. The van der Waals surface area contributed by atoms with E-state index in [1.807, 2.05) is 0 Å². The number of rotatable bonds is 4. The molecule has 6 nitrogen and oxygen atoms in total. The van der Waals surface area contributed by atoms with Crippen molar-refractivity contribution in [2.75, 3.05) is 26.4 Å². The second-order valence-corrected chi connectivity index (χ2v) is 3.65. The average Bonchev–Trinajstić information content (AvgIpc) is 2.29. The molecule has 0 aromatic carbocycles. The Morgan fingerprint density at radius 2 is 2.12 bits per heavy atom. The molecular weight excluding hydrogens is 222 g/mol. The number of carbonyl (C=O) groups is 2. The molecule has 1 aromatic rings. The normalized spacial score (nSPS) is 9.76. The molecule has 1 aromatic heterocycles. The van der Waals surface area contributed by atoms with E-state index in [0.717, 1.165) is 0 Å². The van der Waals surface area contributed by atoms with E-state index in [1.54, 1.807) is 20.2 Å². The number of nitrogen functional groups attached to an aromatic ring is 1. The van der Waals surface area contributed by atoms with E-state index in [9.17, 15) is 9.59 Å². The number of ether oxygens (including phenoxy) is 1. The van der Waals surface area contributed by atoms with E-state index < -0.39 is 5.97 Å². The minimum absolute atomic E-state index is 0.0436. The molecule has 0 atom stereocenters. The molecule has 0 saturated carbocycles. The predicted molar refractivity (Wildman–Crippen MR) is 62.2 cm³/mol. The smallest absolute Gasteiger partial charge is 0.356 e. The molecule has 17 heavy (non-hydrogen) atoms. The summed E-state index contributed by atoms with van der Waals surface area (Å²) in [6.45, 7) is 0.0436. The van der Waals surface area contributed by atoms with Crippen LogP contribution in [0.25, 0.3) is 0 Å². The van der Waals surface area contributed by atoms with Crippen LogP contribution in [0.3, 0.4) is 0 Å². The molecule has 92 valence electrons. The van der Waals surface area contributed by atoms with Gasteiger partial charge in [0.05, 0.1) is 18.3 Å². The topological polar surface area (TPSA) is 85.5 Å². The lowest BCUT2D eigenvalue weighted by molar-refractivity contribution is -0.129. The Hall–Kier alpha value is -2.11. The molecule has 0 spiro atoms. The van der Waals surface area contributed by atoms with Crippen LogP contribution in [0.1, 0.15) is 16.9 Å². The van der Waals surface area contributed by atoms with Gasteiger partial charge < -0.3 is 15.4 Å². The Bertz CT molecular complexity index is 401. The molecule has 0 saturated heterocycles. The van der Waals surface area contributed by atoms with Gasteiger partial charge in [-0.25, -0.2) is 9.78 Å². The lowest BCUT2D eigenvalue weighted by Crippen LogP contribution is -2.23. The van der Waals surface area contributed by atoms with E-state index in [4.69, 9.17) is 10.5 Å². The molecule has 2 N–H and O–H groups in total. The summed E-state index contributed by atoms with van der Waals surface area (Å²) in [5.41, 5.74) is 6.09. The molecular formula is C11H15N3O3. The van der Waals surface area contributed by atoms with Crippen molar-refractivity contribution in [3.05, 3.63) is 24.0 Å². The first kappa shape index (κ1) is 13.0. The maximum absolute atomic E-state index is 11.5. The molecule has 1 rings (SSSR count). The molecule has 0 bridgehead atoms. The van der Waals surface area contributed by atoms with Crippen LogP contribution < -0.4 is 5.73 Å². The quantitative estimate of drug-likeness (QED) is 0.761. The number of esters is 1. The number of nitrogens with zero attached hydrogens (tertiary/aromatic N) is 2. The molecule has 6 heteroatoms. The lowest BCUT2D eigenvalue weighted by Gasteiger charge is -2.09. The van der Waals surface area contributed by atoms with E-state index in [0.29, 0.717) is 5.69 Å². The number of hydrogen-bond acceptors (Lipinski definition) is 5. The van der Waals surface area contributed by atoms with Crippen LogP contribution in [0.2, 0.25) is 0 Å². The van der Waals surface area contributed by atoms with Gasteiger partial charge in [0.2, 0.25) is 5.91 Å². The SMILES string of the molecule is CN(C)C(=O)CCOC(=O)c1ccc(N)cn1. The van der Waals surface area contributed by atoms with Crippen LogP contribution in [0, 0.1) is 0 Å². The van der Waals surface area contributed by atoms with Gasteiger partial charge in [0.1, 0.15) is 12.3 Å². The number of hydrogen-bond donors (Lipinski definition) is 1. The highest BCUT2D eigenvalue weighted by Crippen LogP contribution is 2.03. The minimum Gasteiger partial charge on any atom is -0.460 e. The summed E-state index contributed by atoms with van der Waals surface area (Å²) in [7, 11) is 3.29. The number of anilines is 1. The van der Waals surface area contributed by atoms with Gasteiger partial charge in [-0.1, -0.05) is 0 Å². The molecule has 0 aliphatic heterocycles. The third kappa shape index (κ3) is 4.10. The van der Waals surface area contributed by atoms with Gasteiger partial charge in [-0.2, -0.15) is 0 Å². The van der Waals surface area contributed by atoms with Gasteiger partial charge in [0.15, 0.2) is 0 Å². The molecule has 0 unspecified atom stereocenters. The number of pyridine rings is 1. The van der Waals surface area contributed by atoms with E-state index >= 15 is 0 Å². The van der Waals surface area contributed by atoms with Crippen LogP contribution >= 0.6 is 0 Å². The Kier molecular flexibility index (Phi) is 4.45. The van der Waals surface area contributed by atoms with Crippen molar-refractivity contribution in [2.45, 2.75) is 6.42 Å². The zero-order valence-corrected chi connectivity index (χ0v) is 9.84. The fraction of sp³-hybridized carbons (Fsp3) is 0.364. The van der Waals surface area contributed by atoms with Gasteiger partial charge in [0, 0.05) is 14.1 Å². The number of nitrogens with two attached hydrogens (primary N) is 1. The summed E-state index contributed by atoms with van der Waals surface area (Å²) < 4.78 is 4.90. The van der Waals surface area contributed by atoms with Gasteiger partial charge in [-0.3, -0.25) is 4.79 Å². The summed E-state index contributed by atoms with van der Waals surface area (Å²) in [5, 5.41) is 0.